The van der Waals surface area contributed by atoms with Crippen LogP contribution in [-0.4, -0.2) is 60.2 Å². The zero-order valence-electron chi connectivity index (χ0n) is 18.6. The summed E-state index contributed by atoms with van der Waals surface area (Å²) in [7, 11) is 1.62. The van der Waals surface area contributed by atoms with Gasteiger partial charge in [0, 0.05) is 44.3 Å². The summed E-state index contributed by atoms with van der Waals surface area (Å²) in [5, 5.41) is 0. The predicted molar refractivity (Wildman–Crippen MR) is 129 cm³/mol. The first-order valence-corrected chi connectivity index (χ1v) is 12.1. The second-order valence-electron chi connectivity index (χ2n) is 8.77. The highest BCUT2D eigenvalue weighted by atomic mass is 32.1. The van der Waals surface area contributed by atoms with Gasteiger partial charge in [0.2, 0.25) is 5.91 Å². The zero-order chi connectivity index (χ0) is 22.2. The minimum absolute atomic E-state index is 0.104. The Balaban J connectivity index is 1.42. The molecule has 0 unspecified atom stereocenters. The van der Waals surface area contributed by atoms with E-state index >= 15 is 0 Å². The van der Waals surface area contributed by atoms with E-state index in [0.29, 0.717) is 31.2 Å². The number of methoxy groups -OCH3 is 1. The molecule has 1 aromatic carbocycles. The molecule has 1 atom stereocenters. The van der Waals surface area contributed by atoms with Crippen LogP contribution in [-0.2, 0) is 9.53 Å². The molecule has 168 valence electrons. The molecule has 3 heterocycles. The average Bonchev–Trinajstić information content (AvgIpc) is 3.53. The third kappa shape index (κ3) is 4.04. The summed E-state index contributed by atoms with van der Waals surface area (Å²) in [6, 6.07) is 8.59. The number of piperazine rings is 1. The molecule has 5 rings (SSSR count). The first-order valence-electron chi connectivity index (χ1n) is 11.2. The van der Waals surface area contributed by atoms with E-state index in [1.165, 1.54) is 17.5 Å². The maximum absolute atomic E-state index is 12.5. The lowest BCUT2D eigenvalue weighted by atomic mass is 10.00. The van der Waals surface area contributed by atoms with E-state index in [1.54, 1.807) is 18.4 Å². The number of rotatable bonds is 6. The fourth-order valence-electron chi connectivity index (χ4n) is 4.56. The zero-order valence-corrected chi connectivity index (χ0v) is 19.4. The van der Waals surface area contributed by atoms with Gasteiger partial charge in [-0.2, -0.15) is 0 Å². The SMILES string of the molecule is COCCC(=O)N1CCN(c2nc(C3CC3)c(-c3ccc4ncsc4c3)cc2N)C[C@H]1C. The molecule has 0 radical (unpaired) electrons. The summed E-state index contributed by atoms with van der Waals surface area (Å²) in [6.45, 7) is 4.68. The van der Waals surface area contributed by atoms with Crippen LogP contribution >= 0.6 is 11.3 Å². The molecule has 8 heteroatoms. The van der Waals surface area contributed by atoms with Crippen LogP contribution in [0.4, 0.5) is 11.5 Å². The number of hydrogen-bond donors (Lipinski definition) is 1. The number of pyridine rings is 1. The fourth-order valence-corrected chi connectivity index (χ4v) is 5.28. The van der Waals surface area contributed by atoms with Crippen molar-refractivity contribution in [3.05, 3.63) is 35.5 Å². The number of carbonyl (C=O) groups is 1. The highest BCUT2D eigenvalue weighted by Gasteiger charge is 2.32. The van der Waals surface area contributed by atoms with Gasteiger partial charge in [-0.25, -0.2) is 9.97 Å². The molecule has 32 heavy (non-hydrogen) atoms. The van der Waals surface area contributed by atoms with Gasteiger partial charge in [-0.15, -0.1) is 11.3 Å². The van der Waals surface area contributed by atoms with Gasteiger partial charge in [-0.3, -0.25) is 4.79 Å². The lowest BCUT2D eigenvalue weighted by molar-refractivity contribution is -0.134. The number of ether oxygens (including phenoxy) is 1. The van der Waals surface area contributed by atoms with Gasteiger partial charge in [0.25, 0.3) is 0 Å². The van der Waals surface area contributed by atoms with Gasteiger partial charge in [0.1, 0.15) is 0 Å². The highest BCUT2D eigenvalue weighted by Crippen LogP contribution is 2.46. The minimum atomic E-state index is 0.104. The maximum atomic E-state index is 12.5. The van der Waals surface area contributed by atoms with E-state index in [2.05, 4.69) is 41.1 Å². The number of aromatic nitrogens is 2. The van der Waals surface area contributed by atoms with Gasteiger partial charge >= 0.3 is 0 Å². The monoisotopic (exact) mass is 451 g/mol. The Bertz CT molecular complexity index is 1140. The topological polar surface area (TPSA) is 84.6 Å². The molecular formula is C24H29N5O2S. The molecule has 1 saturated heterocycles. The van der Waals surface area contributed by atoms with Crippen molar-refractivity contribution in [1.29, 1.82) is 0 Å². The van der Waals surface area contributed by atoms with Crippen molar-refractivity contribution in [3.8, 4) is 11.1 Å². The number of hydrogen-bond acceptors (Lipinski definition) is 7. The summed E-state index contributed by atoms with van der Waals surface area (Å²) in [4.78, 5) is 26.2. The summed E-state index contributed by atoms with van der Waals surface area (Å²) in [5.41, 5.74) is 13.6. The standard InChI is InChI=1S/C24H29N5O2S/c1-15-13-28(8-9-29(15)22(30)7-10-31-2)24-19(25)12-18(23(27-24)16-3-4-16)17-5-6-20-21(11-17)32-14-26-20/h5-6,11-12,14-16H,3-4,7-10,13,25H2,1-2H3/t15-/m1/s1. The van der Waals surface area contributed by atoms with Crippen molar-refractivity contribution >= 4 is 39.0 Å². The number of anilines is 2. The fraction of sp³-hybridized carbons (Fsp3) is 0.458. The smallest absolute Gasteiger partial charge is 0.225 e. The van der Waals surface area contributed by atoms with E-state index in [4.69, 9.17) is 15.5 Å². The minimum Gasteiger partial charge on any atom is -0.396 e. The van der Waals surface area contributed by atoms with E-state index in [1.807, 2.05) is 10.4 Å². The predicted octanol–water partition coefficient (Wildman–Crippen LogP) is 3.89. The van der Waals surface area contributed by atoms with Crippen LogP contribution in [0.2, 0.25) is 0 Å². The van der Waals surface area contributed by atoms with Crippen LogP contribution < -0.4 is 10.6 Å². The molecule has 3 aromatic rings. The van der Waals surface area contributed by atoms with Crippen LogP contribution in [0.1, 0.15) is 37.8 Å². The molecule has 0 spiro atoms. The van der Waals surface area contributed by atoms with E-state index < -0.39 is 0 Å². The Labute approximate surface area is 192 Å². The van der Waals surface area contributed by atoms with Crippen LogP contribution in [0.15, 0.2) is 29.8 Å². The van der Waals surface area contributed by atoms with Crippen molar-refractivity contribution in [3.63, 3.8) is 0 Å². The third-order valence-corrected chi connectivity index (χ3v) is 7.23. The number of benzene rings is 1. The normalized spacial score (nSPS) is 19.0. The van der Waals surface area contributed by atoms with Gasteiger partial charge in [0.05, 0.1) is 40.1 Å². The molecule has 1 amide bonds. The van der Waals surface area contributed by atoms with Gasteiger partial charge in [-0.05, 0) is 43.5 Å². The highest BCUT2D eigenvalue weighted by molar-refractivity contribution is 7.16. The molecular weight excluding hydrogens is 422 g/mol. The number of nitrogens with two attached hydrogens (primary N) is 1. The number of nitrogens with zero attached hydrogens (tertiary/aromatic N) is 4. The van der Waals surface area contributed by atoms with Crippen molar-refractivity contribution in [2.24, 2.45) is 0 Å². The molecule has 2 aromatic heterocycles. The van der Waals surface area contributed by atoms with Crippen molar-refractivity contribution in [2.45, 2.75) is 38.1 Å². The molecule has 1 saturated carbocycles. The molecule has 7 nitrogen and oxygen atoms in total. The number of thiazole rings is 1. The van der Waals surface area contributed by atoms with Crippen LogP contribution in [0.25, 0.3) is 21.3 Å². The van der Waals surface area contributed by atoms with Gasteiger partial charge in [-0.1, -0.05) is 6.07 Å². The summed E-state index contributed by atoms with van der Waals surface area (Å²) in [6.07, 6.45) is 2.76. The Morgan fingerprint density at radius 3 is 2.88 bits per heavy atom. The molecule has 2 N–H and O–H groups in total. The first-order chi connectivity index (χ1) is 15.5. The number of carbonyl (C=O) groups excluding carboxylic acids is 1. The van der Waals surface area contributed by atoms with E-state index in [0.717, 1.165) is 41.2 Å². The first kappa shape index (κ1) is 21.2. The maximum Gasteiger partial charge on any atom is 0.225 e. The lowest BCUT2D eigenvalue weighted by Crippen LogP contribution is -2.54. The van der Waals surface area contributed by atoms with E-state index in [9.17, 15) is 4.79 Å². The molecule has 1 aliphatic heterocycles. The number of nitrogen functional groups attached to an aromatic ring is 1. The Morgan fingerprint density at radius 1 is 1.28 bits per heavy atom. The van der Waals surface area contributed by atoms with E-state index in [-0.39, 0.29) is 11.9 Å². The summed E-state index contributed by atoms with van der Waals surface area (Å²) >= 11 is 1.65. The number of amides is 1. The second-order valence-corrected chi connectivity index (χ2v) is 9.65. The third-order valence-electron chi connectivity index (χ3n) is 6.43. The second kappa shape index (κ2) is 8.67. The molecule has 1 aliphatic carbocycles. The summed E-state index contributed by atoms with van der Waals surface area (Å²) < 4.78 is 6.24. The molecule has 2 fully saturated rings. The summed E-state index contributed by atoms with van der Waals surface area (Å²) in [5.74, 6) is 1.49. The molecule has 0 bridgehead atoms. The number of fused-ring (bicyclic) bond motifs is 1. The van der Waals surface area contributed by atoms with Crippen molar-refractivity contribution in [2.75, 3.05) is 44.0 Å². The Hall–Kier alpha value is -2.71. The van der Waals surface area contributed by atoms with Gasteiger partial charge in [0.15, 0.2) is 5.82 Å². The quantitative estimate of drug-likeness (QED) is 0.612. The van der Waals surface area contributed by atoms with Crippen LogP contribution in [0, 0.1) is 0 Å². The van der Waals surface area contributed by atoms with Crippen molar-refractivity contribution in [1.82, 2.24) is 14.9 Å². The lowest BCUT2D eigenvalue weighted by Gasteiger charge is -2.41. The Kier molecular flexibility index (Phi) is 5.73. The Morgan fingerprint density at radius 2 is 2.12 bits per heavy atom. The molecule has 2 aliphatic rings. The largest absolute Gasteiger partial charge is 0.396 e. The average molecular weight is 452 g/mol. The van der Waals surface area contributed by atoms with Crippen molar-refractivity contribution < 1.29 is 9.53 Å². The van der Waals surface area contributed by atoms with Crippen LogP contribution in [0.5, 0.6) is 0 Å². The van der Waals surface area contributed by atoms with Crippen LogP contribution in [0.3, 0.4) is 0 Å². The van der Waals surface area contributed by atoms with Gasteiger partial charge < -0.3 is 20.3 Å².